The highest BCUT2D eigenvalue weighted by atomic mass is 15.2. The molecule has 4 nitrogen and oxygen atoms in total. The number of para-hydroxylation sites is 1. The van der Waals surface area contributed by atoms with Crippen LogP contribution in [0.1, 0.15) is 46.7 Å². The lowest BCUT2D eigenvalue weighted by Gasteiger charge is -2.34. The number of fused-ring (bicyclic) bond motifs is 12. The number of nitrogens with zero attached hydrogens (tertiary/aromatic N) is 3. The normalized spacial score (nSPS) is 18.9. The van der Waals surface area contributed by atoms with Crippen LogP contribution in [0.5, 0.6) is 0 Å². The highest BCUT2D eigenvalue weighted by Gasteiger charge is 2.54. The molecule has 2 unspecified atom stereocenters. The minimum Gasteiger partial charge on any atom is -0.357 e. The van der Waals surface area contributed by atoms with Crippen LogP contribution >= 0.6 is 0 Å². The molecule has 0 saturated carbocycles. The summed E-state index contributed by atoms with van der Waals surface area (Å²) in [6, 6.07) is 66.7. The van der Waals surface area contributed by atoms with Crippen molar-refractivity contribution in [3.8, 4) is 22.4 Å². The SMILES string of the molecule is CC1(c2ccccc2)C=C(n2c3c(c4cc(N(c5ccccc5)C5C=CC=CC5)ccc42)C2(c4ccccc4-c4ccccc42)c2ccccc2-3)N=C(c2ccccc2)N1. The van der Waals surface area contributed by atoms with Gasteiger partial charge in [0.25, 0.3) is 0 Å². The number of aromatic nitrogens is 1. The third-order valence-corrected chi connectivity index (χ3v) is 13.1. The topological polar surface area (TPSA) is 32.6 Å². The molecule has 0 fully saturated rings. The number of nitrogens with one attached hydrogen (secondary N) is 1. The van der Waals surface area contributed by atoms with Crippen molar-refractivity contribution in [1.29, 1.82) is 0 Å². The molecule has 0 radical (unpaired) electrons. The number of hydrogen-bond acceptors (Lipinski definition) is 3. The maximum atomic E-state index is 5.60. The van der Waals surface area contributed by atoms with Crippen LogP contribution in [0, 0.1) is 0 Å². The van der Waals surface area contributed by atoms with Gasteiger partial charge in [0.15, 0.2) is 0 Å². The van der Waals surface area contributed by atoms with Gasteiger partial charge < -0.3 is 10.2 Å². The Bertz CT molecular complexity index is 3070. The lowest BCUT2D eigenvalue weighted by molar-refractivity contribution is 0.544. The largest absolute Gasteiger partial charge is 0.357 e. The first-order valence-corrected chi connectivity index (χ1v) is 21.0. The molecule has 1 aliphatic heterocycles. The molecule has 60 heavy (non-hydrogen) atoms. The van der Waals surface area contributed by atoms with Crippen LogP contribution in [-0.2, 0) is 11.0 Å². The van der Waals surface area contributed by atoms with Gasteiger partial charge >= 0.3 is 0 Å². The monoisotopic (exact) mass is 770 g/mol. The summed E-state index contributed by atoms with van der Waals surface area (Å²) in [5, 5.41) is 5.11. The zero-order valence-corrected chi connectivity index (χ0v) is 33.3. The van der Waals surface area contributed by atoms with Crippen LogP contribution in [0.15, 0.2) is 217 Å². The molecule has 1 N–H and O–H groups in total. The van der Waals surface area contributed by atoms with Gasteiger partial charge in [0, 0.05) is 33.5 Å². The molecule has 2 heterocycles. The van der Waals surface area contributed by atoms with Crippen LogP contribution in [0.2, 0.25) is 0 Å². The highest BCUT2D eigenvalue weighted by Crippen LogP contribution is 2.65. The second-order valence-corrected chi connectivity index (χ2v) is 16.5. The molecule has 0 amide bonds. The number of benzene rings is 7. The standard InChI is InChI=1S/C56H42N4/c1-55(39-22-8-3-9-23-39)37-51(57-54(58-55)38-20-6-2-7-21-38)60-50-35-34-42(59(40-24-10-4-11-25-40)41-26-12-5-13-27-41)36-46(50)52-53(60)45-30-16-19-33-49(45)56(52)47-31-17-14-28-43(47)44-29-15-18-32-48(44)56/h2-26,28-37,41H,27H2,1H3,(H,57,58). The van der Waals surface area contributed by atoms with E-state index in [2.05, 4.69) is 234 Å². The van der Waals surface area contributed by atoms with E-state index in [4.69, 9.17) is 4.99 Å². The van der Waals surface area contributed by atoms with Gasteiger partial charge in [-0.1, -0.05) is 176 Å². The second kappa shape index (κ2) is 13.3. The average molecular weight is 771 g/mol. The molecular weight excluding hydrogens is 729 g/mol. The fourth-order valence-electron chi connectivity index (χ4n) is 10.6. The maximum Gasteiger partial charge on any atom is 0.138 e. The highest BCUT2D eigenvalue weighted by molar-refractivity contribution is 6.08. The summed E-state index contributed by atoms with van der Waals surface area (Å²) in [6.07, 6.45) is 12.2. The van der Waals surface area contributed by atoms with Crippen molar-refractivity contribution in [3.05, 3.63) is 246 Å². The Morgan fingerprint density at radius 2 is 1.22 bits per heavy atom. The number of anilines is 2. The summed E-state index contributed by atoms with van der Waals surface area (Å²) in [7, 11) is 0. The summed E-state index contributed by atoms with van der Waals surface area (Å²) >= 11 is 0. The van der Waals surface area contributed by atoms with Crippen molar-refractivity contribution in [1.82, 2.24) is 9.88 Å². The van der Waals surface area contributed by atoms with E-state index in [-0.39, 0.29) is 6.04 Å². The smallest absolute Gasteiger partial charge is 0.138 e. The molecule has 8 aromatic rings. The van der Waals surface area contributed by atoms with Gasteiger partial charge in [-0.05, 0) is 83.1 Å². The minimum atomic E-state index is -0.555. The number of hydrogen-bond donors (Lipinski definition) is 1. The molecule has 0 saturated heterocycles. The first-order chi connectivity index (χ1) is 29.6. The Morgan fingerprint density at radius 1 is 0.617 bits per heavy atom. The lowest BCUT2D eigenvalue weighted by atomic mass is 9.70. The van der Waals surface area contributed by atoms with Gasteiger partial charge in [-0.2, -0.15) is 0 Å². The van der Waals surface area contributed by atoms with Gasteiger partial charge in [0.2, 0.25) is 0 Å². The van der Waals surface area contributed by atoms with E-state index in [0.29, 0.717) is 0 Å². The predicted octanol–water partition coefficient (Wildman–Crippen LogP) is 12.8. The van der Waals surface area contributed by atoms with E-state index in [9.17, 15) is 0 Å². The third kappa shape index (κ3) is 4.94. The molecule has 7 aromatic carbocycles. The third-order valence-electron chi connectivity index (χ3n) is 13.1. The maximum absolute atomic E-state index is 5.60. The first-order valence-electron chi connectivity index (χ1n) is 21.0. The Hall–Kier alpha value is -7.43. The summed E-state index contributed by atoms with van der Waals surface area (Å²) in [4.78, 5) is 8.11. The minimum absolute atomic E-state index is 0.167. The van der Waals surface area contributed by atoms with Crippen molar-refractivity contribution in [2.45, 2.75) is 30.3 Å². The van der Waals surface area contributed by atoms with E-state index in [1.807, 2.05) is 0 Å². The van der Waals surface area contributed by atoms with Crippen LogP contribution in [0.3, 0.4) is 0 Å². The van der Waals surface area contributed by atoms with Crippen LogP contribution in [0.4, 0.5) is 11.4 Å². The lowest BCUT2D eigenvalue weighted by Crippen LogP contribution is -2.45. The van der Waals surface area contributed by atoms with Gasteiger partial charge in [0.05, 0.1) is 28.2 Å². The molecule has 4 heteroatoms. The van der Waals surface area contributed by atoms with Gasteiger partial charge in [-0.3, -0.25) is 4.57 Å². The Labute approximate surface area is 350 Å². The van der Waals surface area contributed by atoms with Crippen molar-refractivity contribution >= 4 is 33.9 Å². The molecule has 286 valence electrons. The van der Waals surface area contributed by atoms with E-state index >= 15 is 0 Å². The first kappa shape index (κ1) is 34.6. The predicted molar refractivity (Wildman–Crippen MR) is 248 cm³/mol. The fourth-order valence-corrected chi connectivity index (χ4v) is 10.6. The van der Waals surface area contributed by atoms with E-state index in [1.165, 1.54) is 61.3 Å². The zero-order chi connectivity index (χ0) is 39.8. The molecule has 12 rings (SSSR count). The Morgan fingerprint density at radius 3 is 1.88 bits per heavy atom. The second-order valence-electron chi connectivity index (χ2n) is 16.5. The number of rotatable bonds is 6. The molecule has 0 bridgehead atoms. The van der Waals surface area contributed by atoms with E-state index < -0.39 is 11.0 Å². The number of amidine groups is 1. The molecule has 4 aliphatic rings. The average Bonchev–Trinajstić information content (AvgIpc) is 3.92. The van der Waals surface area contributed by atoms with Gasteiger partial charge in [-0.15, -0.1) is 0 Å². The molecule has 1 aromatic heterocycles. The molecule has 3 aliphatic carbocycles. The van der Waals surface area contributed by atoms with E-state index in [1.54, 1.807) is 0 Å². The summed E-state index contributed by atoms with van der Waals surface area (Å²) < 4.78 is 2.48. The van der Waals surface area contributed by atoms with Crippen LogP contribution < -0.4 is 10.2 Å². The van der Waals surface area contributed by atoms with Gasteiger partial charge in [-0.25, -0.2) is 4.99 Å². The van der Waals surface area contributed by atoms with Gasteiger partial charge in [0.1, 0.15) is 11.7 Å². The number of aliphatic imine (C=N–C) groups is 1. The molecule has 2 atom stereocenters. The summed E-state index contributed by atoms with van der Waals surface area (Å²) in [5.41, 5.74) is 14.8. The summed E-state index contributed by atoms with van der Waals surface area (Å²) in [6.45, 7) is 2.27. The Kier molecular flexibility index (Phi) is 7.67. The van der Waals surface area contributed by atoms with Crippen LogP contribution in [-0.4, -0.2) is 16.4 Å². The van der Waals surface area contributed by atoms with E-state index in [0.717, 1.165) is 34.8 Å². The molecular formula is C56H42N4. The quantitative estimate of drug-likeness (QED) is 0.183. The van der Waals surface area contributed by atoms with Crippen LogP contribution in [0.25, 0.3) is 39.1 Å². The Balaban J connectivity index is 1.22. The molecule has 1 spiro atoms. The zero-order valence-electron chi connectivity index (χ0n) is 33.3. The van der Waals surface area contributed by atoms with Crippen molar-refractivity contribution < 1.29 is 0 Å². The van der Waals surface area contributed by atoms with Crippen molar-refractivity contribution in [2.75, 3.05) is 4.90 Å². The van der Waals surface area contributed by atoms with Crippen molar-refractivity contribution in [2.24, 2.45) is 4.99 Å². The fraction of sp³-hybridized carbons (Fsp3) is 0.0893. The van der Waals surface area contributed by atoms with Crippen molar-refractivity contribution in [3.63, 3.8) is 0 Å². The summed E-state index contributed by atoms with van der Waals surface area (Å²) in [5.74, 6) is 1.74. The number of allylic oxidation sites excluding steroid dienone is 2.